The molecule has 0 radical (unpaired) electrons. The Bertz CT molecular complexity index is 314. The molecule has 1 aliphatic rings. The Labute approximate surface area is 91.3 Å². The zero-order valence-corrected chi connectivity index (χ0v) is 9.29. The highest BCUT2D eigenvalue weighted by atomic mass is 16.3. The summed E-state index contributed by atoms with van der Waals surface area (Å²) in [7, 11) is 0. The number of rotatable bonds is 4. The molecule has 2 rings (SSSR count). The molecule has 1 aromatic carbocycles. The molecule has 15 heavy (non-hydrogen) atoms. The van der Waals surface area contributed by atoms with E-state index in [0.29, 0.717) is 11.2 Å². The van der Waals surface area contributed by atoms with E-state index >= 15 is 0 Å². The van der Waals surface area contributed by atoms with Gasteiger partial charge in [-0.05, 0) is 36.0 Å². The standard InChI is InChI=1S/C13H19NO/c1-2-7-13(9-14-10-13)8-11-3-5-12(15)6-4-11/h3-6,14-15H,2,7-10H2,1H3. The molecule has 0 unspecified atom stereocenters. The second-order valence-electron chi connectivity index (χ2n) is 4.70. The van der Waals surface area contributed by atoms with Crippen LogP contribution in [0.2, 0.25) is 0 Å². The maximum Gasteiger partial charge on any atom is 0.115 e. The van der Waals surface area contributed by atoms with Crippen molar-refractivity contribution in [2.24, 2.45) is 5.41 Å². The molecule has 2 heteroatoms. The zero-order chi connectivity index (χ0) is 10.7. The van der Waals surface area contributed by atoms with Crippen LogP contribution in [-0.2, 0) is 6.42 Å². The van der Waals surface area contributed by atoms with Gasteiger partial charge in [0.25, 0.3) is 0 Å². The van der Waals surface area contributed by atoms with Crippen molar-refractivity contribution in [2.75, 3.05) is 13.1 Å². The van der Waals surface area contributed by atoms with Crippen molar-refractivity contribution in [3.05, 3.63) is 29.8 Å². The van der Waals surface area contributed by atoms with E-state index in [2.05, 4.69) is 12.2 Å². The summed E-state index contributed by atoms with van der Waals surface area (Å²) in [5.74, 6) is 0.357. The normalized spacial score (nSPS) is 18.5. The van der Waals surface area contributed by atoms with Crippen LogP contribution < -0.4 is 5.32 Å². The van der Waals surface area contributed by atoms with Gasteiger partial charge in [0.05, 0.1) is 0 Å². The van der Waals surface area contributed by atoms with Crippen LogP contribution in [0.15, 0.2) is 24.3 Å². The molecule has 2 nitrogen and oxygen atoms in total. The maximum absolute atomic E-state index is 9.22. The van der Waals surface area contributed by atoms with Crippen LogP contribution in [-0.4, -0.2) is 18.2 Å². The summed E-state index contributed by atoms with van der Waals surface area (Å²) in [4.78, 5) is 0. The number of hydrogen-bond donors (Lipinski definition) is 2. The molecule has 1 heterocycles. The van der Waals surface area contributed by atoms with Crippen LogP contribution in [0.4, 0.5) is 0 Å². The van der Waals surface area contributed by atoms with Crippen molar-refractivity contribution in [1.29, 1.82) is 0 Å². The molecular weight excluding hydrogens is 186 g/mol. The first-order chi connectivity index (χ1) is 7.24. The van der Waals surface area contributed by atoms with E-state index in [1.165, 1.54) is 18.4 Å². The van der Waals surface area contributed by atoms with Crippen molar-refractivity contribution in [1.82, 2.24) is 5.32 Å². The number of phenols is 1. The fraction of sp³-hybridized carbons (Fsp3) is 0.538. The van der Waals surface area contributed by atoms with E-state index < -0.39 is 0 Å². The van der Waals surface area contributed by atoms with Crippen molar-refractivity contribution < 1.29 is 5.11 Å². The molecule has 0 atom stereocenters. The van der Waals surface area contributed by atoms with Gasteiger partial charge in [-0.25, -0.2) is 0 Å². The summed E-state index contributed by atoms with van der Waals surface area (Å²) >= 11 is 0. The first-order valence-electron chi connectivity index (χ1n) is 5.73. The summed E-state index contributed by atoms with van der Waals surface area (Å²) in [6.07, 6.45) is 3.68. The van der Waals surface area contributed by atoms with E-state index in [4.69, 9.17) is 0 Å². The van der Waals surface area contributed by atoms with E-state index in [9.17, 15) is 5.11 Å². The van der Waals surface area contributed by atoms with Crippen molar-refractivity contribution in [3.8, 4) is 5.75 Å². The Balaban J connectivity index is 2.03. The number of phenolic OH excluding ortho intramolecular Hbond substituents is 1. The third-order valence-electron chi connectivity index (χ3n) is 3.30. The molecule has 1 aromatic rings. The van der Waals surface area contributed by atoms with Gasteiger partial charge in [0.2, 0.25) is 0 Å². The molecule has 1 fully saturated rings. The van der Waals surface area contributed by atoms with Crippen LogP contribution in [0.5, 0.6) is 5.75 Å². The lowest BCUT2D eigenvalue weighted by Gasteiger charge is -2.43. The Kier molecular flexibility index (Phi) is 2.96. The van der Waals surface area contributed by atoms with Gasteiger partial charge in [-0.2, -0.15) is 0 Å². The quantitative estimate of drug-likeness (QED) is 0.790. The predicted octanol–water partition coefficient (Wildman–Crippen LogP) is 2.32. The highest BCUT2D eigenvalue weighted by Gasteiger charge is 2.35. The molecule has 82 valence electrons. The van der Waals surface area contributed by atoms with Crippen molar-refractivity contribution >= 4 is 0 Å². The molecular formula is C13H19NO. The van der Waals surface area contributed by atoms with Gasteiger partial charge in [0.1, 0.15) is 5.75 Å². The maximum atomic E-state index is 9.22. The van der Waals surface area contributed by atoms with Crippen molar-refractivity contribution in [3.63, 3.8) is 0 Å². The summed E-state index contributed by atoms with van der Waals surface area (Å²) < 4.78 is 0. The molecule has 0 amide bonds. The molecule has 0 aliphatic carbocycles. The molecule has 1 saturated heterocycles. The number of nitrogens with one attached hydrogen (secondary N) is 1. The third kappa shape index (κ3) is 2.32. The van der Waals surface area contributed by atoms with E-state index in [-0.39, 0.29) is 0 Å². The Morgan fingerprint density at radius 3 is 2.40 bits per heavy atom. The van der Waals surface area contributed by atoms with Gasteiger partial charge in [-0.1, -0.05) is 25.5 Å². The number of aromatic hydroxyl groups is 1. The molecule has 2 N–H and O–H groups in total. The van der Waals surface area contributed by atoms with E-state index in [0.717, 1.165) is 19.5 Å². The van der Waals surface area contributed by atoms with Crippen LogP contribution in [0.25, 0.3) is 0 Å². The monoisotopic (exact) mass is 205 g/mol. The smallest absolute Gasteiger partial charge is 0.115 e. The van der Waals surface area contributed by atoms with Crippen LogP contribution >= 0.6 is 0 Å². The van der Waals surface area contributed by atoms with Gasteiger partial charge in [0, 0.05) is 13.1 Å². The SMILES string of the molecule is CCCC1(Cc2ccc(O)cc2)CNC1. The first kappa shape index (κ1) is 10.5. The number of benzene rings is 1. The predicted molar refractivity (Wildman–Crippen MR) is 62.0 cm³/mol. The molecule has 1 aliphatic heterocycles. The second-order valence-corrected chi connectivity index (χ2v) is 4.70. The summed E-state index contributed by atoms with van der Waals surface area (Å²) in [6, 6.07) is 7.62. The molecule has 0 saturated carbocycles. The largest absolute Gasteiger partial charge is 0.508 e. The Morgan fingerprint density at radius 2 is 1.93 bits per heavy atom. The minimum atomic E-state index is 0.357. The third-order valence-corrected chi connectivity index (χ3v) is 3.30. The van der Waals surface area contributed by atoms with E-state index in [1.807, 2.05) is 12.1 Å². The summed E-state index contributed by atoms with van der Waals surface area (Å²) in [5, 5.41) is 12.6. The molecule has 0 spiro atoms. The van der Waals surface area contributed by atoms with Gasteiger partial charge in [-0.3, -0.25) is 0 Å². The average molecular weight is 205 g/mol. The zero-order valence-electron chi connectivity index (χ0n) is 9.29. The minimum Gasteiger partial charge on any atom is -0.508 e. The van der Waals surface area contributed by atoms with Gasteiger partial charge in [0.15, 0.2) is 0 Å². The fourth-order valence-electron chi connectivity index (χ4n) is 2.45. The topological polar surface area (TPSA) is 32.3 Å². The highest BCUT2D eigenvalue weighted by molar-refractivity contribution is 5.27. The lowest BCUT2D eigenvalue weighted by molar-refractivity contribution is 0.151. The lowest BCUT2D eigenvalue weighted by Crippen LogP contribution is -2.54. The first-order valence-corrected chi connectivity index (χ1v) is 5.73. The Morgan fingerprint density at radius 1 is 1.27 bits per heavy atom. The molecule has 0 bridgehead atoms. The lowest BCUT2D eigenvalue weighted by atomic mass is 9.73. The number of hydrogen-bond acceptors (Lipinski definition) is 2. The minimum absolute atomic E-state index is 0.357. The van der Waals surface area contributed by atoms with Gasteiger partial charge < -0.3 is 10.4 Å². The fourth-order valence-corrected chi connectivity index (χ4v) is 2.45. The Hall–Kier alpha value is -1.02. The van der Waals surface area contributed by atoms with Crippen LogP contribution in [0.1, 0.15) is 25.3 Å². The van der Waals surface area contributed by atoms with E-state index in [1.54, 1.807) is 12.1 Å². The van der Waals surface area contributed by atoms with Gasteiger partial charge in [-0.15, -0.1) is 0 Å². The van der Waals surface area contributed by atoms with Crippen LogP contribution in [0.3, 0.4) is 0 Å². The summed E-state index contributed by atoms with van der Waals surface area (Å²) in [6.45, 7) is 4.53. The second kappa shape index (κ2) is 4.23. The summed E-state index contributed by atoms with van der Waals surface area (Å²) in [5.41, 5.74) is 1.81. The average Bonchev–Trinajstić information content (AvgIpc) is 2.18. The van der Waals surface area contributed by atoms with Crippen molar-refractivity contribution in [2.45, 2.75) is 26.2 Å². The highest BCUT2D eigenvalue weighted by Crippen LogP contribution is 2.33. The van der Waals surface area contributed by atoms with Gasteiger partial charge >= 0.3 is 0 Å². The molecule has 0 aromatic heterocycles. The van der Waals surface area contributed by atoms with Crippen LogP contribution in [0, 0.1) is 5.41 Å².